The molecule has 0 aliphatic carbocycles. The smallest absolute Gasteiger partial charge is 0.191 e. The van der Waals surface area contributed by atoms with Gasteiger partial charge in [-0.15, -0.1) is 24.0 Å². The van der Waals surface area contributed by atoms with E-state index in [9.17, 15) is 0 Å². The average Bonchev–Trinajstić information content (AvgIpc) is 2.76. The maximum atomic E-state index is 6.34. The van der Waals surface area contributed by atoms with E-state index in [1.807, 2.05) is 24.4 Å². The zero-order valence-electron chi connectivity index (χ0n) is 18.5. The lowest BCUT2D eigenvalue weighted by molar-refractivity contribution is 0.414. The topological polar surface area (TPSA) is 61.8 Å². The van der Waals surface area contributed by atoms with Crippen LogP contribution in [0.15, 0.2) is 41.5 Å². The second-order valence-corrected chi connectivity index (χ2v) is 7.97. The Morgan fingerprint density at radius 1 is 1.26 bits per heavy atom. The normalized spacial score (nSPS) is 14.7. The lowest BCUT2D eigenvalue weighted by Gasteiger charge is -2.33. The summed E-state index contributed by atoms with van der Waals surface area (Å²) in [6, 6.07) is 10.4. The first kappa shape index (κ1) is 25.5. The minimum absolute atomic E-state index is 0. The van der Waals surface area contributed by atoms with Crippen molar-refractivity contribution in [1.82, 2.24) is 15.6 Å². The Bertz CT molecular complexity index is 838. The number of hydrogen-bond donors (Lipinski definition) is 2. The number of benzene rings is 1. The third-order valence-corrected chi connectivity index (χ3v) is 5.66. The molecular formula is C23H33ClIN5O. The Balaban J connectivity index is 0.00000341. The first-order chi connectivity index (χ1) is 14.6. The fourth-order valence-electron chi connectivity index (χ4n) is 3.56. The van der Waals surface area contributed by atoms with Crippen LogP contribution in [0.2, 0.25) is 5.02 Å². The van der Waals surface area contributed by atoms with Crippen molar-refractivity contribution in [3.8, 4) is 5.75 Å². The maximum Gasteiger partial charge on any atom is 0.191 e. The van der Waals surface area contributed by atoms with Gasteiger partial charge in [0.1, 0.15) is 11.6 Å². The number of anilines is 1. The highest BCUT2D eigenvalue weighted by Gasteiger charge is 2.20. The van der Waals surface area contributed by atoms with Crippen molar-refractivity contribution < 1.29 is 4.74 Å². The van der Waals surface area contributed by atoms with Crippen LogP contribution in [-0.4, -0.2) is 50.3 Å². The van der Waals surface area contributed by atoms with Crippen molar-refractivity contribution >= 4 is 47.4 Å². The number of pyridine rings is 1. The standard InChI is InChI=1S/C23H32ClN5O.HI/c1-4-25-23(26-12-9-18-6-7-20(30-3)15-21(18)24)28-19-10-13-29(14-11-19)22-8-5-17(2)16-27-22;/h5-8,15-16,19H,4,9-14H2,1-3H3,(H2,25,26,28);1H. The van der Waals surface area contributed by atoms with E-state index < -0.39 is 0 Å². The molecule has 1 saturated heterocycles. The Morgan fingerprint density at radius 3 is 2.65 bits per heavy atom. The molecule has 1 aliphatic heterocycles. The van der Waals surface area contributed by atoms with Crippen LogP contribution in [0.4, 0.5) is 5.82 Å². The quantitative estimate of drug-likeness (QED) is 0.300. The monoisotopic (exact) mass is 557 g/mol. The summed E-state index contributed by atoms with van der Waals surface area (Å²) in [6.07, 6.45) is 4.84. The molecule has 0 spiro atoms. The van der Waals surface area contributed by atoms with Gasteiger partial charge in [0.05, 0.1) is 7.11 Å². The predicted octanol–water partition coefficient (Wildman–Crippen LogP) is 4.44. The van der Waals surface area contributed by atoms with E-state index >= 15 is 0 Å². The number of aromatic nitrogens is 1. The highest BCUT2D eigenvalue weighted by atomic mass is 127. The Labute approximate surface area is 207 Å². The Kier molecular flexibility index (Phi) is 10.7. The van der Waals surface area contributed by atoms with Crippen LogP contribution in [0.5, 0.6) is 5.75 Å². The third-order valence-electron chi connectivity index (χ3n) is 5.31. The molecular weight excluding hydrogens is 525 g/mol. The van der Waals surface area contributed by atoms with Crippen LogP contribution in [0.1, 0.15) is 30.9 Å². The SMILES string of the molecule is CCNC(=NCCc1ccc(OC)cc1Cl)NC1CCN(c2ccc(C)cn2)CC1.I. The van der Waals surface area contributed by atoms with Crippen LogP contribution in [0.25, 0.3) is 0 Å². The van der Waals surface area contributed by atoms with E-state index in [2.05, 4.69) is 46.5 Å². The van der Waals surface area contributed by atoms with Gasteiger partial charge in [-0.05, 0) is 62.4 Å². The number of guanidine groups is 1. The zero-order chi connectivity index (χ0) is 21.3. The van der Waals surface area contributed by atoms with Crippen molar-refractivity contribution in [2.75, 3.05) is 38.2 Å². The molecule has 6 nitrogen and oxygen atoms in total. The Morgan fingerprint density at radius 2 is 2.03 bits per heavy atom. The van der Waals surface area contributed by atoms with Crippen LogP contribution in [0, 0.1) is 6.92 Å². The van der Waals surface area contributed by atoms with Gasteiger partial charge in [0, 0.05) is 43.4 Å². The van der Waals surface area contributed by atoms with E-state index in [0.717, 1.165) is 67.0 Å². The molecule has 1 aliphatic rings. The fourth-order valence-corrected chi connectivity index (χ4v) is 3.82. The minimum Gasteiger partial charge on any atom is -0.497 e. The first-order valence-electron chi connectivity index (χ1n) is 10.6. The highest BCUT2D eigenvalue weighted by Crippen LogP contribution is 2.23. The van der Waals surface area contributed by atoms with Gasteiger partial charge in [-0.25, -0.2) is 4.98 Å². The van der Waals surface area contributed by atoms with Crippen LogP contribution in [-0.2, 0) is 6.42 Å². The van der Waals surface area contributed by atoms with Crippen LogP contribution >= 0.6 is 35.6 Å². The number of hydrogen-bond acceptors (Lipinski definition) is 4. The number of methoxy groups -OCH3 is 1. The molecule has 0 radical (unpaired) electrons. The summed E-state index contributed by atoms with van der Waals surface area (Å²) in [5.41, 5.74) is 2.27. The number of piperidine rings is 1. The molecule has 2 N–H and O–H groups in total. The second kappa shape index (κ2) is 13.0. The Hall–Kier alpha value is -1.74. The summed E-state index contributed by atoms with van der Waals surface area (Å²) in [4.78, 5) is 11.7. The van der Waals surface area contributed by atoms with Crippen molar-refractivity contribution in [2.24, 2.45) is 4.99 Å². The summed E-state index contributed by atoms with van der Waals surface area (Å²) in [5, 5.41) is 7.68. The predicted molar refractivity (Wildman–Crippen MR) is 140 cm³/mol. The lowest BCUT2D eigenvalue weighted by Crippen LogP contribution is -2.49. The van der Waals surface area contributed by atoms with Gasteiger partial charge in [0.2, 0.25) is 0 Å². The molecule has 31 heavy (non-hydrogen) atoms. The fraction of sp³-hybridized carbons (Fsp3) is 0.478. The van der Waals surface area contributed by atoms with E-state index in [1.54, 1.807) is 7.11 Å². The summed E-state index contributed by atoms with van der Waals surface area (Å²) >= 11 is 6.34. The van der Waals surface area contributed by atoms with Gasteiger partial charge < -0.3 is 20.3 Å². The van der Waals surface area contributed by atoms with Crippen molar-refractivity contribution in [3.63, 3.8) is 0 Å². The molecule has 2 aromatic rings. The third kappa shape index (κ3) is 7.71. The molecule has 0 bridgehead atoms. The van der Waals surface area contributed by atoms with Gasteiger partial charge >= 0.3 is 0 Å². The lowest BCUT2D eigenvalue weighted by atomic mass is 10.1. The van der Waals surface area contributed by atoms with Crippen LogP contribution < -0.4 is 20.3 Å². The maximum absolute atomic E-state index is 6.34. The largest absolute Gasteiger partial charge is 0.497 e. The van der Waals surface area contributed by atoms with E-state index in [-0.39, 0.29) is 24.0 Å². The molecule has 1 aromatic heterocycles. The number of halogens is 2. The number of nitrogens with zero attached hydrogens (tertiary/aromatic N) is 3. The molecule has 0 saturated carbocycles. The minimum atomic E-state index is 0. The van der Waals surface area contributed by atoms with Crippen molar-refractivity contribution in [2.45, 2.75) is 39.2 Å². The molecule has 0 unspecified atom stereocenters. The van der Waals surface area contributed by atoms with Gasteiger partial charge in [0.25, 0.3) is 0 Å². The molecule has 3 rings (SSSR count). The van der Waals surface area contributed by atoms with Gasteiger partial charge in [0.15, 0.2) is 5.96 Å². The number of rotatable bonds is 7. The second-order valence-electron chi connectivity index (χ2n) is 7.57. The van der Waals surface area contributed by atoms with Crippen LogP contribution in [0.3, 0.4) is 0 Å². The zero-order valence-corrected chi connectivity index (χ0v) is 21.6. The number of aryl methyl sites for hydroxylation is 1. The molecule has 170 valence electrons. The number of aliphatic imine (C=N–C) groups is 1. The summed E-state index contributed by atoms with van der Waals surface area (Å²) in [6.45, 7) is 7.65. The van der Waals surface area contributed by atoms with Gasteiger partial charge in [-0.1, -0.05) is 23.7 Å². The molecule has 2 heterocycles. The summed E-state index contributed by atoms with van der Waals surface area (Å²) < 4.78 is 5.21. The van der Waals surface area contributed by atoms with Crippen molar-refractivity contribution in [1.29, 1.82) is 0 Å². The molecule has 1 aromatic carbocycles. The van der Waals surface area contributed by atoms with Gasteiger partial charge in [-0.2, -0.15) is 0 Å². The first-order valence-corrected chi connectivity index (χ1v) is 11.0. The molecule has 0 amide bonds. The molecule has 8 heteroatoms. The average molecular weight is 558 g/mol. The van der Waals surface area contributed by atoms with E-state index in [1.165, 1.54) is 5.56 Å². The van der Waals surface area contributed by atoms with Crippen molar-refractivity contribution in [3.05, 3.63) is 52.7 Å². The number of ether oxygens (including phenoxy) is 1. The summed E-state index contributed by atoms with van der Waals surface area (Å²) in [7, 11) is 1.64. The van der Waals surface area contributed by atoms with E-state index in [0.29, 0.717) is 12.6 Å². The highest BCUT2D eigenvalue weighted by molar-refractivity contribution is 14.0. The molecule has 0 atom stereocenters. The van der Waals surface area contributed by atoms with E-state index in [4.69, 9.17) is 21.3 Å². The number of nitrogens with one attached hydrogen (secondary N) is 2. The summed E-state index contributed by atoms with van der Waals surface area (Å²) in [5.74, 6) is 2.71. The molecule has 1 fully saturated rings. The van der Waals surface area contributed by atoms with Gasteiger partial charge in [-0.3, -0.25) is 4.99 Å².